The van der Waals surface area contributed by atoms with Crippen LogP contribution in [0.1, 0.15) is 33.1 Å². The van der Waals surface area contributed by atoms with Crippen molar-refractivity contribution in [2.75, 3.05) is 6.54 Å². The van der Waals surface area contributed by atoms with Crippen molar-refractivity contribution in [1.82, 2.24) is 0 Å². The molecule has 0 amide bonds. The molecule has 0 aliphatic rings. The van der Waals surface area contributed by atoms with Crippen LogP contribution in [0.2, 0.25) is 0 Å². The summed E-state index contributed by atoms with van der Waals surface area (Å²) in [6.07, 6.45) is 4.49. The fraction of sp³-hybridized carbons (Fsp3) is 0.700. The van der Waals surface area contributed by atoms with Crippen LogP contribution in [0.25, 0.3) is 0 Å². The van der Waals surface area contributed by atoms with E-state index in [1.807, 2.05) is 0 Å². The first-order valence-electron chi connectivity index (χ1n) is 4.37. The Bertz CT molecular complexity index is 178. The molecule has 0 saturated carbocycles. The summed E-state index contributed by atoms with van der Waals surface area (Å²) in [5.74, 6) is 0.673. The predicted molar refractivity (Wildman–Crippen MR) is 50.8 cm³/mol. The van der Waals surface area contributed by atoms with Gasteiger partial charge in [0.1, 0.15) is 0 Å². The Morgan fingerprint density at radius 1 is 1.58 bits per heavy atom. The van der Waals surface area contributed by atoms with Crippen molar-refractivity contribution in [3.8, 4) is 0 Å². The van der Waals surface area contributed by atoms with Gasteiger partial charge in [-0.2, -0.15) is 0 Å². The predicted octanol–water partition coefficient (Wildman–Crippen LogP) is 2.70. The zero-order valence-electron chi connectivity index (χ0n) is 7.97. The third-order valence-corrected chi connectivity index (χ3v) is 1.56. The van der Waals surface area contributed by atoms with E-state index in [1.54, 1.807) is 0 Å². The Labute approximate surface area is 74.4 Å². The average Bonchev–Trinajstić information content (AvgIpc) is 1.97. The van der Waals surface area contributed by atoms with Gasteiger partial charge in [-0.05, 0) is 25.2 Å². The number of isocyanates is 1. The maximum absolute atomic E-state index is 9.71. The third-order valence-electron chi connectivity index (χ3n) is 1.56. The smallest absolute Gasteiger partial charge is 0.211 e. The van der Waals surface area contributed by atoms with E-state index < -0.39 is 0 Å². The minimum absolute atomic E-state index is 0.584. The molecule has 68 valence electrons. The van der Waals surface area contributed by atoms with Crippen LogP contribution < -0.4 is 0 Å². The van der Waals surface area contributed by atoms with Gasteiger partial charge in [0.15, 0.2) is 0 Å². The van der Waals surface area contributed by atoms with Crippen molar-refractivity contribution in [2.24, 2.45) is 10.9 Å². The monoisotopic (exact) mass is 167 g/mol. The van der Waals surface area contributed by atoms with E-state index in [9.17, 15) is 4.79 Å². The fourth-order valence-electron chi connectivity index (χ4n) is 1.13. The lowest BCUT2D eigenvalue weighted by atomic mass is 10.0. The largest absolute Gasteiger partial charge is 0.234 e. The van der Waals surface area contributed by atoms with Gasteiger partial charge in [-0.3, -0.25) is 0 Å². The van der Waals surface area contributed by atoms with E-state index in [4.69, 9.17) is 0 Å². The van der Waals surface area contributed by atoms with Gasteiger partial charge < -0.3 is 0 Å². The molecule has 2 heteroatoms. The average molecular weight is 167 g/mol. The first-order chi connectivity index (χ1) is 5.66. The molecular formula is C10H17NO. The normalized spacial score (nSPS) is 9.58. The van der Waals surface area contributed by atoms with E-state index in [2.05, 4.69) is 25.4 Å². The molecule has 0 bridgehead atoms. The zero-order valence-corrected chi connectivity index (χ0v) is 7.97. The Balaban J connectivity index is 3.37. The molecule has 0 fully saturated rings. The summed E-state index contributed by atoms with van der Waals surface area (Å²) in [5, 5.41) is 0. The highest BCUT2D eigenvalue weighted by atomic mass is 16.1. The Kier molecular flexibility index (Phi) is 6.31. The second-order valence-electron chi connectivity index (χ2n) is 3.42. The third kappa shape index (κ3) is 7.23. The van der Waals surface area contributed by atoms with Crippen LogP contribution >= 0.6 is 0 Å². The van der Waals surface area contributed by atoms with E-state index in [0.29, 0.717) is 12.5 Å². The molecule has 0 aromatic heterocycles. The van der Waals surface area contributed by atoms with Gasteiger partial charge in [-0.1, -0.05) is 26.0 Å². The van der Waals surface area contributed by atoms with E-state index >= 15 is 0 Å². The van der Waals surface area contributed by atoms with Gasteiger partial charge in [-0.25, -0.2) is 9.79 Å². The van der Waals surface area contributed by atoms with Crippen LogP contribution in [-0.2, 0) is 4.79 Å². The summed E-state index contributed by atoms with van der Waals surface area (Å²) in [5.41, 5.74) is 1.26. The molecule has 0 aliphatic heterocycles. The maximum atomic E-state index is 9.71. The lowest BCUT2D eigenvalue weighted by Gasteiger charge is -2.06. The standard InChI is InChI=1S/C10H17NO/c1-9(2)7-10(3)5-4-6-11-8-12/h9H,3-7H2,1-2H3. The zero-order chi connectivity index (χ0) is 9.40. The minimum atomic E-state index is 0.584. The Hall–Kier alpha value is -0.880. The van der Waals surface area contributed by atoms with Crippen molar-refractivity contribution in [3.63, 3.8) is 0 Å². The highest BCUT2D eigenvalue weighted by Crippen LogP contribution is 2.13. The summed E-state index contributed by atoms with van der Waals surface area (Å²) in [7, 11) is 0. The Morgan fingerprint density at radius 2 is 2.25 bits per heavy atom. The molecule has 0 rings (SSSR count). The molecule has 2 nitrogen and oxygen atoms in total. The number of aliphatic imine (C=N–C) groups is 1. The molecule has 0 heterocycles. The van der Waals surface area contributed by atoms with Crippen LogP contribution in [0.5, 0.6) is 0 Å². The fourth-order valence-corrected chi connectivity index (χ4v) is 1.13. The van der Waals surface area contributed by atoms with E-state index in [0.717, 1.165) is 19.3 Å². The van der Waals surface area contributed by atoms with Crippen LogP contribution in [0, 0.1) is 5.92 Å². The number of hydrogen-bond acceptors (Lipinski definition) is 2. The molecule has 0 aliphatic carbocycles. The molecule has 0 N–H and O–H groups in total. The second kappa shape index (κ2) is 6.81. The van der Waals surface area contributed by atoms with Crippen LogP contribution in [0.4, 0.5) is 0 Å². The molecule has 0 atom stereocenters. The molecule has 12 heavy (non-hydrogen) atoms. The molecular weight excluding hydrogens is 150 g/mol. The summed E-state index contributed by atoms with van der Waals surface area (Å²) in [4.78, 5) is 13.2. The molecule has 0 saturated heterocycles. The van der Waals surface area contributed by atoms with Crippen molar-refractivity contribution in [1.29, 1.82) is 0 Å². The number of allylic oxidation sites excluding steroid dienone is 1. The molecule has 0 spiro atoms. The van der Waals surface area contributed by atoms with Crippen molar-refractivity contribution in [3.05, 3.63) is 12.2 Å². The second-order valence-corrected chi connectivity index (χ2v) is 3.42. The number of nitrogens with zero attached hydrogens (tertiary/aromatic N) is 1. The minimum Gasteiger partial charge on any atom is -0.211 e. The van der Waals surface area contributed by atoms with Crippen molar-refractivity contribution < 1.29 is 4.79 Å². The lowest BCUT2D eigenvalue weighted by Crippen LogP contribution is -1.91. The van der Waals surface area contributed by atoms with Gasteiger partial charge in [0.05, 0.1) is 6.54 Å². The van der Waals surface area contributed by atoms with E-state index in [1.165, 1.54) is 11.7 Å². The molecule has 0 aromatic carbocycles. The van der Waals surface area contributed by atoms with Gasteiger partial charge in [0, 0.05) is 0 Å². The first kappa shape index (κ1) is 11.1. The lowest BCUT2D eigenvalue weighted by molar-refractivity contribution is 0.561. The molecule has 0 aromatic rings. The van der Waals surface area contributed by atoms with Gasteiger partial charge in [0.2, 0.25) is 6.08 Å². The number of carbonyl (C=O) groups excluding carboxylic acids is 1. The van der Waals surface area contributed by atoms with Crippen LogP contribution in [0.15, 0.2) is 17.1 Å². The Morgan fingerprint density at radius 3 is 2.75 bits per heavy atom. The van der Waals surface area contributed by atoms with Gasteiger partial charge in [0.25, 0.3) is 0 Å². The number of hydrogen-bond donors (Lipinski definition) is 0. The quantitative estimate of drug-likeness (QED) is 0.259. The first-order valence-corrected chi connectivity index (χ1v) is 4.37. The summed E-state index contributed by atoms with van der Waals surface area (Å²) < 4.78 is 0. The van der Waals surface area contributed by atoms with Gasteiger partial charge >= 0.3 is 0 Å². The SMILES string of the molecule is C=C(CCCN=C=O)CC(C)C. The summed E-state index contributed by atoms with van der Waals surface area (Å²) >= 11 is 0. The van der Waals surface area contributed by atoms with Gasteiger partial charge in [-0.15, -0.1) is 0 Å². The van der Waals surface area contributed by atoms with Crippen LogP contribution in [-0.4, -0.2) is 12.6 Å². The van der Waals surface area contributed by atoms with Crippen LogP contribution in [0.3, 0.4) is 0 Å². The topological polar surface area (TPSA) is 29.4 Å². The maximum Gasteiger partial charge on any atom is 0.234 e. The highest BCUT2D eigenvalue weighted by Gasteiger charge is 1.97. The summed E-state index contributed by atoms with van der Waals surface area (Å²) in [6.45, 7) is 8.89. The summed E-state index contributed by atoms with van der Waals surface area (Å²) in [6, 6.07) is 0. The van der Waals surface area contributed by atoms with Crippen molar-refractivity contribution >= 4 is 6.08 Å². The highest BCUT2D eigenvalue weighted by molar-refractivity contribution is 5.32. The molecule has 0 unspecified atom stereocenters. The van der Waals surface area contributed by atoms with E-state index in [-0.39, 0.29) is 0 Å². The van der Waals surface area contributed by atoms with Crippen molar-refractivity contribution in [2.45, 2.75) is 33.1 Å². The molecule has 0 radical (unpaired) electrons. The number of rotatable bonds is 6.